The highest BCUT2D eigenvalue weighted by atomic mass is 35.5. The number of rotatable bonds is 7. The first-order valence-electron chi connectivity index (χ1n) is 8.59. The highest BCUT2D eigenvalue weighted by molar-refractivity contribution is 7.99. The minimum absolute atomic E-state index is 0.157. The summed E-state index contributed by atoms with van der Waals surface area (Å²) in [6, 6.07) is 5.45. The van der Waals surface area contributed by atoms with Gasteiger partial charge in [0.2, 0.25) is 6.41 Å². The summed E-state index contributed by atoms with van der Waals surface area (Å²) in [6.45, 7) is 2.91. The lowest BCUT2D eigenvalue weighted by molar-refractivity contribution is -0.119. The Balaban J connectivity index is 0.000000260. The van der Waals surface area contributed by atoms with Crippen molar-refractivity contribution in [1.29, 1.82) is 0 Å². The summed E-state index contributed by atoms with van der Waals surface area (Å²) >= 11 is 7.63. The third-order valence-electron chi connectivity index (χ3n) is 4.28. The van der Waals surface area contributed by atoms with Crippen LogP contribution in [0.15, 0.2) is 18.2 Å². The molecule has 1 heterocycles. The second-order valence-electron chi connectivity index (χ2n) is 6.04. The van der Waals surface area contributed by atoms with Gasteiger partial charge in [-0.3, -0.25) is 9.59 Å². The van der Waals surface area contributed by atoms with Crippen LogP contribution >= 0.6 is 23.4 Å². The summed E-state index contributed by atoms with van der Waals surface area (Å²) in [6.07, 6.45) is 7.26. The van der Waals surface area contributed by atoms with E-state index in [1.165, 1.54) is 13.5 Å². The van der Waals surface area contributed by atoms with Crippen molar-refractivity contribution < 1.29 is 19.1 Å². The van der Waals surface area contributed by atoms with Crippen LogP contribution in [0.2, 0.25) is 0 Å². The summed E-state index contributed by atoms with van der Waals surface area (Å²) in [7, 11) is 1.54. The predicted molar refractivity (Wildman–Crippen MR) is 107 cm³/mol. The maximum absolute atomic E-state index is 10.8. The topological polar surface area (TPSA) is 55.8 Å². The molecule has 1 aliphatic heterocycles. The average Bonchev–Trinajstić information content (AvgIpc) is 2.88. The van der Waals surface area contributed by atoms with Crippen LogP contribution in [0.25, 0.3) is 0 Å². The van der Waals surface area contributed by atoms with E-state index in [2.05, 4.69) is 0 Å². The highest BCUT2D eigenvalue weighted by Crippen LogP contribution is 2.29. The Morgan fingerprint density at radius 3 is 2.69 bits per heavy atom. The van der Waals surface area contributed by atoms with Crippen LogP contribution < -0.4 is 4.74 Å². The molecule has 1 saturated heterocycles. The Morgan fingerprint density at radius 1 is 1.35 bits per heavy atom. The van der Waals surface area contributed by atoms with E-state index >= 15 is 0 Å². The molecule has 1 fully saturated rings. The number of thioether (sulfide) groups is 1. The van der Waals surface area contributed by atoms with E-state index < -0.39 is 0 Å². The molecule has 146 valence electrons. The molecular formula is C19H28ClNO4S. The zero-order valence-electron chi connectivity index (χ0n) is 15.7. The first kappa shape index (κ1) is 22.8. The van der Waals surface area contributed by atoms with Gasteiger partial charge < -0.3 is 14.4 Å². The van der Waals surface area contributed by atoms with Gasteiger partial charge in [0.05, 0.1) is 10.9 Å². The minimum atomic E-state index is 0.157. The molecule has 2 atom stereocenters. The van der Waals surface area contributed by atoms with Gasteiger partial charge in [-0.05, 0) is 37.7 Å². The van der Waals surface area contributed by atoms with E-state index in [9.17, 15) is 9.59 Å². The van der Waals surface area contributed by atoms with Crippen molar-refractivity contribution in [2.45, 2.75) is 31.6 Å². The number of carbonyl (C=O) groups excluding carboxylic acids is 2. The van der Waals surface area contributed by atoms with Gasteiger partial charge in [0.1, 0.15) is 5.75 Å². The quantitative estimate of drug-likeness (QED) is 0.393. The number of benzene rings is 1. The molecular weight excluding hydrogens is 374 g/mol. The van der Waals surface area contributed by atoms with Gasteiger partial charge in [0, 0.05) is 25.5 Å². The molecule has 0 saturated carbocycles. The zero-order valence-corrected chi connectivity index (χ0v) is 17.2. The first-order chi connectivity index (χ1) is 12.6. The van der Waals surface area contributed by atoms with E-state index in [4.69, 9.17) is 21.1 Å². The molecule has 1 aromatic carbocycles. The summed E-state index contributed by atoms with van der Waals surface area (Å²) < 4.78 is 9.95. The van der Waals surface area contributed by atoms with Gasteiger partial charge in [0.15, 0.2) is 13.1 Å². The van der Waals surface area contributed by atoms with Gasteiger partial charge in [-0.1, -0.05) is 18.6 Å². The number of carbonyl (C=O) groups is 2. The van der Waals surface area contributed by atoms with Gasteiger partial charge in [-0.25, -0.2) is 0 Å². The third kappa shape index (κ3) is 6.82. The molecule has 0 radical (unpaired) electrons. The van der Waals surface area contributed by atoms with Gasteiger partial charge in [-0.2, -0.15) is 0 Å². The fourth-order valence-corrected chi connectivity index (χ4v) is 4.36. The summed E-state index contributed by atoms with van der Waals surface area (Å²) in [5.74, 6) is 1.69. The van der Waals surface area contributed by atoms with Crippen molar-refractivity contribution in [3.8, 4) is 5.75 Å². The molecule has 2 unspecified atom stereocenters. The number of nitrogens with zero attached hydrogens (tertiary/aromatic N) is 1. The van der Waals surface area contributed by atoms with Crippen molar-refractivity contribution >= 4 is 36.1 Å². The number of halogens is 1. The SMILES string of the molecule is COCOc1cccc(C)c1C=O.CSC1C(CCl)CCCCN1C=O. The van der Waals surface area contributed by atoms with Crippen LogP contribution in [-0.2, 0) is 9.53 Å². The molecule has 0 aliphatic carbocycles. The normalized spacial score (nSPS) is 19.8. The summed E-state index contributed by atoms with van der Waals surface area (Å²) in [5, 5.41) is 0.289. The number of likely N-dealkylation sites (tertiary alicyclic amines) is 1. The van der Waals surface area contributed by atoms with E-state index in [-0.39, 0.29) is 12.2 Å². The van der Waals surface area contributed by atoms with Crippen molar-refractivity contribution in [2.75, 3.05) is 32.6 Å². The summed E-state index contributed by atoms with van der Waals surface area (Å²) in [4.78, 5) is 23.4. The largest absolute Gasteiger partial charge is 0.467 e. The monoisotopic (exact) mass is 401 g/mol. The Bertz CT molecular complexity index is 558. The number of hydrogen-bond acceptors (Lipinski definition) is 5. The molecule has 0 spiro atoms. The standard InChI is InChI=1S/C10H12O3.C9H16ClNOS/c1-8-4-3-5-10(9(8)6-11)13-7-12-2;1-13-9-8(6-10)4-2-3-5-11(9)7-12/h3-6H,7H2,1-2H3;7-9H,2-6H2,1H3. The predicted octanol–water partition coefficient (Wildman–Crippen LogP) is 3.96. The van der Waals surface area contributed by atoms with Crippen molar-refractivity contribution in [2.24, 2.45) is 5.92 Å². The van der Waals surface area contributed by atoms with Crippen LogP contribution in [0.4, 0.5) is 0 Å². The number of hydrogen-bond donors (Lipinski definition) is 0. The van der Waals surface area contributed by atoms with E-state index in [1.807, 2.05) is 30.2 Å². The number of amides is 1. The average molecular weight is 402 g/mol. The van der Waals surface area contributed by atoms with Crippen molar-refractivity contribution in [3.63, 3.8) is 0 Å². The second-order valence-corrected chi connectivity index (χ2v) is 7.30. The zero-order chi connectivity index (χ0) is 19.4. The molecule has 7 heteroatoms. The number of aldehydes is 1. The van der Waals surface area contributed by atoms with E-state index in [1.54, 1.807) is 17.8 Å². The fourth-order valence-electron chi connectivity index (χ4n) is 2.89. The van der Waals surface area contributed by atoms with Crippen LogP contribution in [0.1, 0.15) is 35.2 Å². The molecule has 0 bridgehead atoms. The molecule has 0 N–H and O–H groups in total. The molecule has 0 aromatic heterocycles. The molecule has 1 aliphatic rings. The lowest BCUT2D eigenvalue weighted by atomic mass is 10.1. The lowest BCUT2D eigenvalue weighted by Gasteiger charge is -2.29. The minimum Gasteiger partial charge on any atom is -0.467 e. The van der Waals surface area contributed by atoms with Crippen molar-refractivity contribution in [1.82, 2.24) is 4.90 Å². The third-order valence-corrected chi connectivity index (χ3v) is 5.82. The molecule has 2 rings (SSSR count). The molecule has 5 nitrogen and oxygen atoms in total. The molecule has 1 aromatic rings. The Labute approximate surface area is 165 Å². The van der Waals surface area contributed by atoms with Crippen LogP contribution in [0.3, 0.4) is 0 Å². The van der Waals surface area contributed by atoms with Crippen LogP contribution in [0.5, 0.6) is 5.75 Å². The van der Waals surface area contributed by atoms with Gasteiger partial charge in [-0.15, -0.1) is 23.4 Å². The first-order valence-corrected chi connectivity index (χ1v) is 10.4. The number of alkyl halides is 1. The molecule has 26 heavy (non-hydrogen) atoms. The second kappa shape index (κ2) is 13.0. The molecule has 1 amide bonds. The van der Waals surface area contributed by atoms with E-state index in [0.717, 1.165) is 37.6 Å². The Kier molecular flexibility index (Phi) is 11.4. The number of aryl methyl sites for hydroxylation is 1. The summed E-state index contributed by atoms with van der Waals surface area (Å²) in [5.41, 5.74) is 1.49. The Hall–Kier alpha value is -1.24. The Morgan fingerprint density at radius 2 is 2.12 bits per heavy atom. The smallest absolute Gasteiger partial charge is 0.210 e. The fraction of sp³-hybridized carbons (Fsp3) is 0.579. The lowest BCUT2D eigenvalue weighted by Crippen LogP contribution is -2.36. The van der Waals surface area contributed by atoms with Crippen molar-refractivity contribution in [3.05, 3.63) is 29.3 Å². The number of ether oxygens (including phenoxy) is 2. The maximum atomic E-state index is 10.8. The van der Waals surface area contributed by atoms with Crippen LogP contribution in [0, 0.1) is 12.8 Å². The van der Waals surface area contributed by atoms with Gasteiger partial charge in [0.25, 0.3) is 0 Å². The van der Waals surface area contributed by atoms with E-state index in [0.29, 0.717) is 23.1 Å². The van der Waals surface area contributed by atoms with Gasteiger partial charge >= 0.3 is 0 Å². The highest BCUT2D eigenvalue weighted by Gasteiger charge is 2.27. The van der Waals surface area contributed by atoms with Crippen LogP contribution in [-0.4, -0.2) is 55.6 Å². The number of methoxy groups -OCH3 is 1. The maximum Gasteiger partial charge on any atom is 0.210 e.